The smallest absolute Gasteiger partial charge is 0.145 e. The molecule has 0 saturated heterocycles. The molecule has 40 heavy (non-hydrogen) atoms. The molecule has 2 aliphatic carbocycles. The molecule has 1 aromatic heterocycles. The van der Waals surface area contributed by atoms with Gasteiger partial charge in [-0.3, -0.25) is 4.57 Å². The fourth-order valence-electron chi connectivity index (χ4n) is 6.47. The fraction of sp³-hybridized carbons (Fsp3) is 0.132. The number of nitrogens with zero attached hydrogens (tertiary/aromatic N) is 2. The van der Waals surface area contributed by atoms with Crippen LogP contribution in [-0.2, 0) is 12.8 Å². The van der Waals surface area contributed by atoms with Crippen LogP contribution in [0.1, 0.15) is 40.9 Å². The minimum atomic E-state index is 0.985. The van der Waals surface area contributed by atoms with Gasteiger partial charge in [0.15, 0.2) is 0 Å². The van der Waals surface area contributed by atoms with Gasteiger partial charge < -0.3 is 0 Å². The molecule has 0 unspecified atom stereocenters. The average Bonchev–Trinajstić information content (AvgIpc) is 3.40. The highest BCUT2D eigenvalue weighted by molar-refractivity contribution is 6.12. The van der Waals surface area contributed by atoms with Gasteiger partial charge in [0.1, 0.15) is 5.82 Å². The molecular formula is C38H30N2. The number of rotatable bonds is 3. The van der Waals surface area contributed by atoms with E-state index in [0.29, 0.717) is 0 Å². The quantitative estimate of drug-likeness (QED) is 0.215. The number of imidazole rings is 1. The lowest BCUT2D eigenvalue weighted by molar-refractivity contribution is 0.936. The molecule has 2 heteroatoms. The van der Waals surface area contributed by atoms with Crippen LogP contribution in [0, 0.1) is 6.92 Å². The summed E-state index contributed by atoms with van der Waals surface area (Å²) >= 11 is 0. The van der Waals surface area contributed by atoms with Crippen molar-refractivity contribution >= 4 is 33.7 Å². The van der Waals surface area contributed by atoms with Crippen molar-refractivity contribution in [2.24, 2.45) is 0 Å². The van der Waals surface area contributed by atoms with E-state index in [1.54, 1.807) is 0 Å². The summed E-state index contributed by atoms with van der Waals surface area (Å²) < 4.78 is 2.33. The van der Waals surface area contributed by atoms with Gasteiger partial charge in [-0.15, -0.1) is 0 Å². The molecule has 8 rings (SSSR count). The van der Waals surface area contributed by atoms with Crippen LogP contribution in [-0.4, -0.2) is 9.55 Å². The predicted molar refractivity (Wildman–Crippen MR) is 169 cm³/mol. The molecule has 0 aliphatic heterocycles. The van der Waals surface area contributed by atoms with Crippen molar-refractivity contribution in [3.05, 3.63) is 131 Å². The van der Waals surface area contributed by atoms with Gasteiger partial charge in [0.2, 0.25) is 0 Å². The number of hydrogen-bond acceptors (Lipinski definition) is 1. The molecule has 2 nitrogen and oxygen atoms in total. The monoisotopic (exact) mass is 514 g/mol. The predicted octanol–water partition coefficient (Wildman–Crippen LogP) is 9.74. The van der Waals surface area contributed by atoms with Crippen LogP contribution in [0.3, 0.4) is 0 Å². The maximum atomic E-state index is 5.11. The lowest BCUT2D eigenvalue weighted by Crippen LogP contribution is -2.02. The fourth-order valence-corrected chi connectivity index (χ4v) is 6.47. The van der Waals surface area contributed by atoms with Crippen LogP contribution in [0.15, 0.2) is 103 Å². The molecule has 5 aromatic carbocycles. The number of aryl methyl sites for hydroxylation is 3. The Balaban J connectivity index is 1.24. The molecule has 0 bridgehead atoms. The second-order valence-corrected chi connectivity index (χ2v) is 11.1. The molecule has 2 aliphatic rings. The van der Waals surface area contributed by atoms with E-state index < -0.39 is 0 Å². The first-order chi connectivity index (χ1) is 19.7. The van der Waals surface area contributed by atoms with Crippen LogP contribution in [0.25, 0.3) is 61.9 Å². The summed E-state index contributed by atoms with van der Waals surface area (Å²) in [5.41, 5.74) is 11.3. The van der Waals surface area contributed by atoms with Crippen molar-refractivity contribution in [1.82, 2.24) is 9.55 Å². The lowest BCUT2D eigenvalue weighted by atomic mass is 9.90. The molecule has 0 atom stereocenters. The van der Waals surface area contributed by atoms with Gasteiger partial charge in [0.05, 0.1) is 11.4 Å². The number of allylic oxidation sites excluding steroid dienone is 2. The minimum absolute atomic E-state index is 0.985. The highest BCUT2D eigenvalue weighted by Gasteiger charge is 2.20. The third kappa shape index (κ3) is 3.75. The van der Waals surface area contributed by atoms with Crippen LogP contribution in [0.5, 0.6) is 0 Å². The summed E-state index contributed by atoms with van der Waals surface area (Å²) in [7, 11) is 0. The van der Waals surface area contributed by atoms with E-state index in [4.69, 9.17) is 4.98 Å². The zero-order valence-electron chi connectivity index (χ0n) is 22.7. The summed E-state index contributed by atoms with van der Waals surface area (Å²) in [6.07, 6.45) is 13.4. The molecule has 0 spiro atoms. The van der Waals surface area contributed by atoms with Crippen molar-refractivity contribution in [3.8, 4) is 28.2 Å². The molecule has 0 amide bonds. The normalized spacial score (nSPS) is 14.0. The zero-order valence-corrected chi connectivity index (χ0v) is 22.7. The van der Waals surface area contributed by atoms with Crippen molar-refractivity contribution in [2.75, 3.05) is 0 Å². The number of fused-ring (bicyclic) bond motifs is 5. The van der Waals surface area contributed by atoms with Crippen molar-refractivity contribution < 1.29 is 0 Å². The number of hydrogen-bond donors (Lipinski definition) is 0. The Labute approximate surface area is 234 Å². The third-order valence-electron chi connectivity index (χ3n) is 8.57. The van der Waals surface area contributed by atoms with E-state index in [0.717, 1.165) is 42.8 Å². The van der Waals surface area contributed by atoms with Gasteiger partial charge >= 0.3 is 0 Å². The number of aromatic nitrogens is 2. The Hall–Kier alpha value is -4.69. The topological polar surface area (TPSA) is 17.8 Å². The maximum Gasteiger partial charge on any atom is 0.145 e. The highest BCUT2D eigenvalue weighted by atomic mass is 15.1. The van der Waals surface area contributed by atoms with Gasteiger partial charge in [-0.05, 0) is 101 Å². The number of benzene rings is 5. The van der Waals surface area contributed by atoms with E-state index >= 15 is 0 Å². The Morgan fingerprint density at radius 3 is 2.35 bits per heavy atom. The lowest BCUT2D eigenvalue weighted by Gasteiger charge is -2.15. The second kappa shape index (κ2) is 9.20. The van der Waals surface area contributed by atoms with Crippen molar-refractivity contribution in [3.63, 3.8) is 0 Å². The van der Waals surface area contributed by atoms with Gasteiger partial charge in [0.25, 0.3) is 0 Å². The third-order valence-corrected chi connectivity index (χ3v) is 8.57. The molecular weight excluding hydrogens is 484 g/mol. The Kier molecular flexibility index (Phi) is 5.34. The SMILES string of the molecule is Cc1ccc(-c2nc3c(n2-c2ccc(-c4cccc5c4ccc4cc6c(cc45)C=CCC6)cc2)C=CCC3)cc1. The molecule has 0 N–H and O–H groups in total. The van der Waals surface area contributed by atoms with E-state index in [1.807, 2.05) is 0 Å². The Morgan fingerprint density at radius 1 is 0.675 bits per heavy atom. The Morgan fingerprint density at radius 2 is 1.48 bits per heavy atom. The first-order valence-corrected chi connectivity index (χ1v) is 14.3. The van der Waals surface area contributed by atoms with Gasteiger partial charge in [0, 0.05) is 11.3 Å². The summed E-state index contributed by atoms with van der Waals surface area (Å²) in [4.78, 5) is 5.11. The van der Waals surface area contributed by atoms with E-state index in [2.05, 4.69) is 127 Å². The minimum Gasteiger partial charge on any atom is -0.293 e. The Bertz CT molecular complexity index is 1980. The second-order valence-electron chi connectivity index (χ2n) is 11.1. The summed E-state index contributed by atoms with van der Waals surface area (Å²) in [6, 6.07) is 33.8. The highest BCUT2D eigenvalue weighted by Crippen LogP contribution is 2.37. The zero-order chi connectivity index (χ0) is 26.6. The molecule has 0 saturated carbocycles. The van der Waals surface area contributed by atoms with Crippen LogP contribution in [0.2, 0.25) is 0 Å². The van der Waals surface area contributed by atoms with Crippen LogP contribution in [0.4, 0.5) is 0 Å². The van der Waals surface area contributed by atoms with Crippen LogP contribution < -0.4 is 0 Å². The van der Waals surface area contributed by atoms with Crippen LogP contribution >= 0.6 is 0 Å². The van der Waals surface area contributed by atoms with Gasteiger partial charge in [-0.1, -0.05) is 96.6 Å². The summed E-state index contributed by atoms with van der Waals surface area (Å²) in [6.45, 7) is 2.13. The largest absolute Gasteiger partial charge is 0.293 e. The molecule has 192 valence electrons. The summed E-state index contributed by atoms with van der Waals surface area (Å²) in [5, 5.41) is 5.28. The van der Waals surface area contributed by atoms with Gasteiger partial charge in [-0.25, -0.2) is 4.98 Å². The average molecular weight is 515 g/mol. The molecule has 0 radical (unpaired) electrons. The van der Waals surface area contributed by atoms with Gasteiger partial charge in [-0.2, -0.15) is 0 Å². The molecule has 6 aromatic rings. The van der Waals surface area contributed by atoms with E-state index in [1.165, 1.54) is 60.8 Å². The molecule has 1 heterocycles. The standard InChI is InChI=1S/C38H30N2/c1-25-13-15-27(16-14-25)38-39-36-11-4-5-12-37(36)40(38)31-20-17-26(18-21-31)32-9-6-10-33-34(32)22-19-30-23-28-7-2-3-8-29(28)24-35(30)33/h3,5-6,8-10,12-24H,2,4,7,11H2,1H3. The van der Waals surface area contributed by atoms with Crippen molar-refractivity contribution in [2.45, 2.75) is 32.6 Å². The maximum absolute atomic E-state index is 5.11. The molecule has 0 fully saturated rings. The van der Waals surface area contributed by atoms with E-state index in [9.17, 15) is 0 Å². The first-order valence-electron chi connectivity index (χ1n) is 14.3. The first kappa shape index (κ1) is 23.2. The van der Waals surface area contributed by atoms with E-state index in [-0.39, 0.29) is 0 Å². The summed E-state index contributed by atoms with van der Waals surface area (Å²) in [5.74, 6) is 1.01. The van der Waals surface area contributed by atoms with Crippen molar-refractivity contribution in [1.29, 1.82) is 0 Å².